The van der Waals surface area contributed by atoms with Gasteiger partial charge in [-0.1, -0.05) is 0 Å². The standard InChI is InChI=1S/C6H11O/c1-4-7-5-6(2)3/h4-5H,1-3H3. The third-order valence-electron chi connectivity index (χ3n) is 0.440. The molecule has 0 saturated carbocycles. The van der Waals surface area contributed by atoms with Crippen LogP contribution in [0, 0.1) is 6.61 Å². The summed E-state index contributed by atoms with van der Waals surface area (Å²) in [7, 11) is 0. The number of hydrogen-bond donors (Lipinski definition) is 0. The Morgan fingerprint density at radius 2 is 2.00 bits per heavy atom. The van der Waals surface area contributed by atoms with Crippen molar-refractivity contribution in [3.8, 4) is 0 Å². The molecule has 0 atom stereocenters. The molecule has 0 spiro atoms. The summed E-state index contributed by atoms with van der Waals surface area (Å²) in [6.07, 6.45) is 1.71. The second-order valence-electron chi connectivity index (χ2n) is 1.57. The average Bonchev–Trinajstić information content (AvgIpc) is 1.61. The van der Waals surface area contributed by atoms with Crippen molar-refractivity contribution in [3.05, 3.63) is 18.4 Å². The van der Waals surface area contributed by atoms with Crippen molar-refractivity contribution in [1.29, 1.82) is 0 Å². The summed E-state index contributed by atoms with van der Waals surface area (Å²) in [6, 6.07) is 0. The van der Waals surface area contributed by atoms with Crippen LogP contribution in [0.15, 0.2) is 11.8 Å². The lowest BCUT2D eigenvalue weighted by atomic mass is 10.4. The van der Waals surface area contributed by atoms with Gasteiger partial charge in [-0.25, -0.2) is 0 Å². The van der Waals surface area contributed by atoms with Gasteiger partial charge in [-0.2, -0.15) is 0 Å². The quantitative estimate of drug-likeness (QED) is 0.482. The maximum Gasteiger partial charge on any atom is 0.131 e. The Hall–Kier alpha value is -0.460. The van der Waals surface area contributed by atoms with Gasteiger partial charge in [0.2, 0.25) is 0 Å². The Labute approximate surface area is 45.0 Å². The fraction of sp³-hybridized carbons (Fsp3) is 0.500. The highest BCUT2D eigenvalue weighted by atomic mass is 16.5. The van der Waals surface area contributed by atoms with Gasteiger partial charge in [-0.3, -0.25) is 0 Å². The molecule has 0 unspecified atom stereocenters. The van der Waals surface area contributed by atoms with Crippen LogP contribution in [0.5, 0.6) is 0 Å². The van der Waals surface area contributed by atoms with E-state index in [0.29, 0.717) is 0 Å². The molecule has 1 heteroatoms. The van der Waals surface area contributed by atoms with E-state index in [2.05, 4.69) is 0 Å². The normalized spacial score (nSPS) is 7.86. The molecule has 0 aromatic rings. The molecule has 0 fully saturated rings. The minimum Gasteiger partial charge on any atom is -0.495 e. The molecule has 0 aliphatic carbocycles. The van der Waals surface area contributed by atoms with Crippen molar-refractivity contribution in [2.45, 2.75) is 20.8 Å². The Balaban J connectivity index is 3.08. The second kappa shape index (κ2) is 3.72. The molecule has 0 aliphatic heterocycles. The first-order valence-corrected chi connectivity index (χ1v) is 2.34. The van der Waals surface area contributed by atoms with E-state index in [1.807, 2.05) is 20.8 Å². The Bertz CT molecular complexity index is 60.6. The van der Waals surface area contributed by atoms with Crippen LogP contribution in [-0.2, 0) is 4.74 Å². The van der Waals surface area contributed by atoms with E-state index < -0.39 is 0 Å². The fourth-order valence-electron chi connectivity index (χ4n) is 0.204. The minimum atomic E-state index is 1.18. The molecule has 0 aliphatic rings. The number of rotatable bonds is 2. The second-order valence-corrected chi connectivity index (χ2v) is 1.57. The molecule has 1 nitrogen and oxygen atoms in total. The highest BCUT2D eigenvalue weighted by Crippen LogP contribution is 1.89. The molecule has 0 aromatic heterocycles. The summed E-state index contributed by atoms with van der Waals surface area (Å²) < 4.78 is 4.81. The van der Waals surface area contributed by atoms with Gasteiger partial charge in [0.05, 0.1) is 6.26 Å². The van der Waals surface area contributed by atoms with Crippen LogP contribution in [0.3, 0.4) is 0 Å². The SMILES string of the molecule is C[CH]OC=C(C)C. The van der Waals surface area contributed by atoms with Crippen LogP contribution in [0.4, 0.5) is 0 Å². The van der Waals surface area contributed by atoms with E-state index in [1.165, 1.54) is 5.57 Å². The zero-order valence-electron chi connectivity index (χ0n) is 5.06. The first-order valence-electron chi connectivity index (χ1n) is 2.34. The molecular formula is C6H11O. The van der Waals surface area contributed by atoms with Gasteiger partial charge in [-0.15, -0.1) is 0 Å². The summed E-state index contributed by atoms with van der Waals surface area (Å²) in [5.41, 5.74) is 1.18. The zero-order valence-corrected chi connectivity index (χ0v) is 5.06. The molecule has 0 saturated heterocycles. The lowest BCUT2D eigenvalue weighted by Crippen LogP contribution is -1.70. The van der Waals surface area contributed by atoms with Crippen LogP contribution in [0.1, 0.15) is 20.8 Å². The molecule has 41 valence electrons. The zero-order chi connectivity index (χ0) is 5.70. The van der Waals surface area contributed by atoms with Crippen LogP contribution in [-0.4, -0.2) is 0 Å². The molecule has 0 bridgehead atoms. The predicted molar refractivity (Wildman–Crippen MR) is 30.5 cm³/mol. The topological polar surface area (TPSA) is 9.23 Å². The third-order valence-corrected chi connectivity index (χ3v) is 0.440. The van der Waals surface area contributed by atoms with Crippen molar-refractivity contribution in [2.24, 2.45) is 0 Å². The summed E-state index contributed by atoms with van der Waals surface area (Å²) in [5.74, 6) is 0. The first kappa shape index (κ1) is 6.54. The Kier molecular flexibility index (Phi) is 3.48. The van der Waals surface area contributed by atoms with Crippen LogP contribution in [0.2, 0.25) is 0 Å². The van der Waals surface area contributed by atoms with Gasteiger partial charge >= 0.3 is 0 Å². The highest BCUT2D eigenvalue weighted by Gasteiger charge is 1.72. The van der Waals surface area contributed by atoms with Gasteiger partial charge in [0.15, 0.2) is 0 Å². The van der Waals surface area contributed by atoms with Crippen molar-refractivity contribution in [2.75, 3.05) is 0 Å². The van der Waals surface area contributed by atoms with Gasteiger partial charge in [0.25, 0.3) is 0 Å². The van der Waals surface area contributed by atoms with Gasteiger partial charge in [0, 0.05) is 0 Å². The first-order chi connectivity index (χ1) is 3.27. The van der Waals surface area contributed by atoms with E-state index in [-0.39, 0.29) is 0 Å². The Morgan fingerprint density at radius 3 is 2.14 bits per heavy atom. The van der Waals surface area contributed by atoms with E-state index in [1.54, 1.807) is 12.9 Å². The molecule has 0 amide bonds. The third kappa shape index (κ3) is 5.54. The fourth-order valence-corrected chi connectivity index (χ4v) is 0.204. The van der Waals surface area contributed by atoms with E-state index >= 15 is 0 Å². The van der Waals surface area contributed by atoms with Crippen LogP contribution in [0.25, 0.3) is 0 Å². The maximum atomic E-state index is 4.81. The van der Waals surface area contributed by atoms with Gasteiger partial charge in [0.1, 0.15) is 6.61 Å². The van der Waals surface area contributed by atoms with Crippen molar-refractivity contribution in [3.63, 3.8) is 0 Å². The molecule has 0 heterocycles. The monoisotopic (exact) mass is 99.1 g/mol. The molecule has 1 radical (unpaired) electrons. The van der Waals surface area contributed by atoms with E-state index in [4.69, 9.17) is 4.74 Å². The highest BCUT2D eigenvalue weighted by molar-refractivity contribution is 4.86. The average molecular weight is 99.2 g/mol. The molecule has 0 aromatic carbocycles. The maximum absolute atomic E-state index is 4.81. The Morgan fingerprint density at radius 1 is 1.43 bits per heavy atom. The lowest BCUT2D eigenvalue weighted by molar-refractivity contribution is 0.338. The van der Waals surface area contributed by atoms with Crippen LogP contribution >= 0.6 is 0 Å². The lowest BCUT2D eigenvalue weighted by Gasteiger charge is -1.90. The molecule has 0 N–H and O–H groups in total. The largest absolute Gasteiger partial charge is 0.495 e. The minimum absolute atomic E-state index is 1.18. The number of allylic oxidation sites excluding steroid dienone is 1. The van der Waals surface area contributed by atoms with E-state index in [0.717, 1.165) is 0 Å². The van der Waals surface area contributed by atoms with Crippen molar-refractivity contribution in [1.82, 2.24) is 0 Å². The summed E-state index contributed by atoms with van der Waals surface area (Å²) >= 11 is 0. The summed E-state index contributed by atoms with van der Waals surface area (Å²) in [5, 5.41) is 0. The molecular weight excluding hydrogens is 88.1 g/mol. The summed E-state index contributed by atoms with van der Waals surface area (Å²) in [4.78, 5) is 0. The van der Waals surface area contributed by atoms with Crippen molar-refractivity contribution < 1.29 is 4.74 Å². The number of ether oxygens (including phenoxy) is 1. The van der Waals surface area contributed by atoms with Crippen molar-refractivity contribution >= 4 is 0 Å². The van der Waals surface area contributed by atoms with E-state index in [9.17, 15) is 0 Å². The molecule has 7 heavy (non-hydrogen) atoms. The van der Waals surface area contributed by atoms with Gasteiger partial charge < -0.3 is 4.74 Å². The smallest absolute Gasteiger partial charge is 0.131 e. The van der Waals surface area contributed by atoms with Crippen LogP contribution < -0.4 is 0 Å². The summed E-state index contributed by atoms with van der Waals surface area (Å²) in [6.45, 7) is 7.47. The predicted octanol–water partition coefficient (Wildman–Crippen LogP) is 2.11. The number of hydrogen-bond acceptors (Lipinski definition) is 1. The van der Waals surface area contributed by atoms with Gasteiger partial charge in [-0.05, 0) is 26.3 Å². The molecule has 0 rings (SSSR count).